The summed E-state index contributed by atoms with van der Waals surface area (Å²) in [7, 11) is 0. The van der Waals surface area contributed by atoms with Crippen LogP contribution in [-0.4, -0.2) is 18.4 Å². The quantitative estimate of drug-likeness (QED) is 0.871. The number of hydrogen-bond acceptors (Lipinski definition) is 2. The van der Waals surface area contributed by atoms with Gasteiger partial charge in [0.2, 0.25) is 11.8 Å². The largest absolute Gasteiger partial charge is 0.347 e. The summed E-state index contributed by atoms with van der Waals surface area (Å²) in [6.45, 7) is 4.01. The van der Waals surface area contributed by atoms with Crippen LogP contribution in [0.2, 0.25) is 0 Å². The van der Waals surface area contributed by atoms with Gasteiger partial charge in [-0.05, 0) is 38.3 Å². The van der Waals surface area contributed by atoms with Crippen LogP contribution < -0.4 is 10.6 Å². The van der Waals surface area contributed by atoms with E-state index in [2.05, 4.69) is 10.6 Å². The van der Waals surface area contributed by atoms with Crippen molar-refractivity contribution in [1.29, 1.82) is 0 Å². The summed E-state index contributed by atoms with van der Waals surface area (Å²) in [6.07, 6.45) is 3.02. The monoisotopic (exact) mass is 260 g/mol. The molecule has 1 fully saturated rings. The zero-order chi connectivity index (χ0) is 13.8. The molecule has 0 atom stereocenters. The summed E-state index contributed by atoms with van der Waals surface area (Å²) >= 11 is 0. The van der Waals surface area contributed by atoms with Gasteiger partial charge < -0.3 is 10.6 Å². The van der Waals surface area contributed by atoms with Crippen molar-refractivity contribution in [2.45, 2.75) is 33.1 Å². The molecule has 1 aliphatic rings. The lowest BCUT2D eigenvalue weighted by molar-refractivity contribution is -0.129. The first-order chi connectivity index (χ1) is 9.06. The Labute approximate surface area is 113 Å². The summed E-state index contributed by atoms with van der Waals surface area (Å²) in [4.78, 5) is 23.4. The van der Waals surface area contributed by atoms with Crippen LogP contribution in [0.15, 0.2) is 18.2 Å². The highest BCUT2D eigenvalue weighted by atomic mass is 16.2. The fraction of sp³-hybridized carbons (Fsp3) is 0.467. The van der Waals surface area contributed by atoms with Gasteiger partial charge in [0.15, 0.2) is 0 Å². The van der Waals surface area contributed by atoms with E-state index < -0.39 is 0 Å². The van der Waals surface area contributed by atoms with Crippen LogP contribution in [0.25, 0.3) is 0 Å². The smallest absolute Gasteiger partial charge is 0.243 e. The van der Waals surface area contributed by atoms with Crippen molar-refractivity contribution >= 4 is 17.5 Å². The van der Waals surface area contributed by atoms with Gasteiger partial charge in [-0.2, -0.15) is 0 Å². The van der Waals surface area contributed by atoms with Crippen molar-refractivity contribution in [1.82, 2.24) is 5.32 Å². The normalized spacial score (nSPS) is 14.6. The van der Waals surface area contributed by atoms with Gasteiger partial charge in [-0.25, -0.2) is 0 Å². The number of rotatable bonds is 4. The number of carbonyl (C=O) groups excluding carboxylic acids is 2. The van der Waals surface area contributed by atoms with E-state index in [1.54, 1.807) is 0 Å². The van der Waals surface area contributed by atoms with Gasteiger partial charge in [0.05, 0.1) is 6.54 Å². The summed E-state index contributed by atoms with van der Waals surface area (Å²) in [5.41, 5.74) is 2.99. The molecule has 1 saturated carbocycles. The lowest BCUT2D eigenvalue weighted by Crippen LogP contribution is -2.39. The van der Waals surface area contributed by atoms with E-state index in [9.17, 15) is 9.59 Å². The van der Waals surface area contributed by atoms with E-state index in [-0.39, 0.29) is 24.3 Å². The molecule has 0 saturated heterocycles. The molecule has 2 N–H and O–H groups in total. The highest BCUT2D eigenvalue weighted by molar-refractivity contribution is 5.95. The molecule has 0 unspecified atom stereocenters. The van der Waals surface area contributed by atoms with Crippen molar-refractivity contribution in [3.63, 3.8) is 0 Å². The lowest BCUT2D eigenvalue weighted by Gasteiger charge is -2.23. The van der Waals surface area contributed by atoms with E-state index in [0.29, 0.717) is 0 Å². The Morgan fingerprint density at radius 1 is 1.26 bits per heavy atom. The molecule has 0 radical (unpaired) electrons. The SMILES string of the molecule is Cc1ccc(NC(=O)CNC(=O)C2CCC2)c(C)c1. The summed E-state index contributed by atoms with van der Waals surface area (Å²) in [5, 5.41) is 5.50. The second-order valence-corrected chi connectivity index (χ2v) is 5.21. The second-order valence-electron chi connectivity index (χ2n) is 5.21. The van der Waals surface area contributed by atoms with Crippen LogP contribution in [0.3, 0.4) is 0 Å². The number of anilines is 1. The van der Waals surface area contributed by atoms with Crippen LogP contribution in [0.1, 0.15) is 30.4 Å². The maximum Gasteiger partial charge on any atom is 0.243 e. The van der Waals surface area contributed by atoms with Gasteiger partial charge in [-0.15, -0.1) is 0 Å². The maximum absolute atomic E-state index is 11.8. The number of amides is 2. The number of hydrogen-bond donors (Lipinski definition) is 2. The van der Waals surface area contributed by atoms with Crippen LogP contribution in [0, 0.1) is 19.8 Å². The third-order valence-corrected chi connectivity index (χ3v) is 3.56. The Balaban J connectivity index is 1.81. The molecule has 1 aromatic rings. The molecule has 0 aliphatic heterocycles. The fourth-order valence-corrected chi connectivity index (χ4v) is 2.13. The molecule has 102 valence electrons. The zero-order valence-corrected chi connectivity index (χ0v) is 11.5. The Kier molecular flexibility index (Phi) is 4.20. The molecule has 0 heterocycles. The molecule has 2 amide bonds. The van der Waals surface area contributed by atoms with Crippen molar-refractivity contribution in [2.75, 3.05) is 11.9 Å². The number of carbonyl (C=O) groups is 2. The Bertz CT molecular complexity index is 493. The highest BCUT2D eigenvalue weighted by Crippen LogP contribution is 2.26. The molecular formula is C15H20N2O2. The van der Waals surface area contributed by atoms with E-state index in [4.69, 9.17) is 0 Å². The summed E-state index contributed by atoms with van der Waals surface area (Å²) < 4.78 is 0. The fourth-order valence-electron chi connectivity index (χ4n) is 2.13. The molecule has 0 aromatic heterocycles. The van der Waals surface area contributed by atoms with Crippen molar-refractivity contribution in [3.05, 3.63) is 29.3 Å². The van der Waals surface area contributed by atoms with E-state index in [1.165, 1.54) is 0 Å². The van der Waals surface area contributed by atoms with Crippen LogP contribution in [-0.2, 0) is 9.59 Å². The molecule has 0 bridgehead atoms. The van der Waals surface area contributed by atoms with Gasteiger partial charge in [0, 0.05) is 11.6 Å². The number of nitrogens with one attached hydrogen (secondary N) is 2. The Morgan fingerprint density at radius 3 is 2.58 bits per heavy atom. The van der Waals surface area contributed by atoms with Gasteiger partial charge in [0.1, 0.15) is 0 Å². The number of benzene rings is 1. The van der Waals surface area contributed by atoms with Crippen LogP contribution >= 0.6 is 0 Å². The van der Waals surface area contributed by atoms with Crippen LogP contribution in [0.5, 0.6) is 0 Å². The maximum atomic E-state index is 11.8. The van der Waals surface area contributed by atoms with Gasteiger partial charge in [-0.3, -0.25) is 9.59 Å². The van der Waals surface area contributed by atoms with Crippen molar-refractivity contribution in [3.8, 4) is 0 Å². The zero-order valence-electron chi connectivity index (χ0n) is 11.5. The Hall–Kier alpha value is -1.84. The third kappa shape index (κ3) is 3.56. The van der Waals surface area contributed by atoms with E-state index >= 15 is 0 Å². The van der Waals surface area contributed by atoms with E-state index in [0.717, 1.165) is 36.1 Å². The van der Waals surface area contributed by atoms with E-state index in [1.807, 2.05) is 32.0 Å². The average Bonchev–Trinajstić information content (AvgIpc) is 2.28. The first kappa shape index (κ1) is 13.6. The standard InChI is InChI=1S/C15H20N2O2/c1-10-6-7-13(11(2)8-10)17-14(18)9-16-15(19)12-4-3-5-12/h6-8,12H,3-5,9H2,1-2H3,(H,16,19)(H,17,18). The number of aryl methyl sites for hydroxylation is 2. The van der Waals surface area contributed by atoms with Gasteiger partial charge in [0.25, 0.3) is 0 Å². The molecule has 4 heteroatoms. The highest BCUT2D eigenvalue weighted by Gasteiger charge is 2.25. The van der Waals surface area contributed by atoms with Gasteiger partial charge >= 0.3 is 0 Å². The second kappa shape index (κ2) is 5.87. The average molecular weight is 260 g/mol. The molecular weight excluding hydrogens is 240 g/mol. The van der Waals surface area contributed by atoms with Crippen LogP contribution in [0.4, 0.5) is 5.69 Å². The molecule has 1 aromatic carbocycles. The summed E-state index contributed by atoms with van der Waals surface area (Å²) in [6, 6.07) is 5.86. The van der Waals surface area contributed by atoms with Gasteiger partial charge in [-0.1, -0.05) is 24.1 Å². The third-order valence-electron chi connectivity index (χ3n) is 3.56. The predicted molar refractivity (Wildman–Crippen MR) is 74.9 cm³/mol. The Morgan fingerprint density at radius 2 is 2.00 bits per heavy atom. The molecule has 2 rings (SSSR count). The molecule has 0 spiro atoms. The topological polar surface area (TPSA) is 58.2 Å². The van der Waals surface area contributed by atoms with Crippen molar-refractivity contribution < 1.29 is 9.59 Å². The predicted octanol–water partition coefficient (Wildman–Crippen LogP) is 2.16. The minimum atomic E-state index is -0.181. The molecule has 19 heavy (non-hydrogen) atoms. The first-order valence-corrected chi connectivity index (χ1v) is 6.71. The molecule has 1 aliphatic carbocycles. The minimum Gasteiger partial charge on any atom is -0.347 e. The minimum absolute atomic E-state index is 0.00188. The van der Waals surface area contributed by atoms with Crippen molar-refractivity contribution in [2.24, 2.45) is 5.92 Å². The lowest BCUT2D eigenvalue weighted by atomic mass is 9.85. The molecule has 4 nitrogen and oxygen atoms in total. The summed E-state index contributed by atoms with van der Waals surface area (Å²) in [5.74, 6) is -0.0597. The first-order valence-electron chi connectivity index (χ1n) is 6.71.